The molecule has 1 aromatic rings. The lowest BCUT2D eigenvalue weighted by Crippen LogP contribution is -2.43. The molecule has 0 aliphatic carbocycles. The van der Waals surface area contributed by atoms with Crippen molar-refractivity contribution in [3.63, 3.8) is 0 Å². The molecule has 4 heteroatoms. The Morgan fingerprint density at radius 1 is 1.47 bits per heavy atom. The minimum Gasteiger partial charge on any atom is -0.507 e. The summed E-state index contributed by atoms with van der Waals surface area (Å²) in [5.74, 6) is 0.951. The van der Waals surface area contributed by atoms with E-state index >= 15 is 0 Å². The molecule has 1 aliphatic rings. The first-order valence-electron chi connectivity index (χ1n) is 6.73. The van der Waals surface area contributed by atoms with Crippen molar-refractivity contribution in [1.29, 1.82) is 0 Å². The summed E-state index contributed by atoms with van der Waals surface area (Å²) >= 11 is 0. The monoisotopic (exact) mass is 265 g/mol. The van der Waals surface area contributed by atoms with E-state index in [1.165, 1.54) is 0 Å². The van der Waals surface area contributed by atoms with Gasteiger partial charge in [0, 0.05) is 30.8 Å². The van der Waals surface area contributed by atoms with Gasteiger partial charge in [0.05, 0.1) is 12.7 Å². The van der Waals surface area contributed by atoms with Crippen molar-refractivity contribution in [2.24, 2.45) is 0 Å². The average molecular weight is 265 g/mol. The van der Waals surface area contributed by atoms with E-state index < -0.39 is 0 Å². The van der Waals surface area contributed by atoms with E-state index in [-0.39, 0.29) is 11.4 Å². The molecule has 19 heavy (non-hydrogen) atoms. The first-order chi connectivity index (χ1) is 9.00. The molecule has 1 atom stereocenters. The van der Waals surface area contributed by atoms with Crippen molar-refractivity contribution < 1.29 is 14.6 Å². The Hall–Kier alpha value is -1.26. The number of hydrogen-bond acceptors (Lipinski definition) is 4. The number of aromatic hydroxyl groups is 1. The van der Waals surface area contributed by atoms with Gasteiger partial charge in [-0.3, -0.25) is 0 Å². The molecular formula is C15H23NO3. The van der Waals surface area contributed by atoms with E-state index in [1.54, 1.807) is 13.2 Å². The van der Waals surface area contributed by atoms with E-state index in [9.17, 15) is 5.11 Å². The second-order valence-electron chi connectivity index (χ2n) is 5.67. The summed E-state index contributed by atoms with van der Waals surface area (Å²) in [6.07, 6.45) is 2.00. The molecule has 0 spiro atoms. The summed E-state index contributed by atoms with van der Waals surface area (Å²) in [5, 5.41) is 13.4. The minimum atomic E-state index is -0.0577. The summed E-state index contributed by atoms with van der Waals surface area (Å²) in [7, 11) is 1.59. The molecule has 0 radical (unpaired) electrons. The van der Waals surface area contributed by atoms with Gasteiger partial charge < -0.3 is 19.9 Å². The Kier molecular flexibility index (Phi) is 4.32. The predicted molar refractivity (Wildman–Crippen MR) is 74.6 cm³/mol. The fraction of sp³-hybridized carbons (Fsp3) is 0.600. The molecule has 0 bridgehead atoms. The van der Waals surface area contributed by atoms with Crippen LogP contribution in [0.25, 0.3) is 0 Å². The van der Waals surface area contributed by atoms with Crippen molar-refractivity contribution in [1.82, 2.24) is 5.32 Å². The molecule has 106 valence electrons. The molecule has 0 aromatic heterocycles. The third kappa shape index (κ3) is 3.85. The van der Waals surface area contributed by atoms with Gasteiger partial charge in [0.2, 0.25) is 0 Å². The SMILES string of the molecule is COc1ccc(CNC2CCOC(C)(C)C2)c(O)c1. The summed E-state index contributed by atoms with van der Waals surface area (Å²) in [6.45, 7) is 5.69. The highest BCUT2D eigenvalue weighted by atomic mass is 16.5. The molecule has 1 aliphatic heterocycles. The van der Waals surface area contributed by atoms with Crippen molar-refractivity contribution in [2.45, 2.75) is 44.9 Å². The molecule has 1 aromatic carbocycles. The third-order valence-corrected chi connectivity index (χ3v) is 3.57. The van der Waals surface area contributed by atoms with Crippen LogP contribution in [0.1, 0.15) is 32.3 Å². The zero-order valence-electron chi connectivity index (χ0n) is 11.9. The van der Waals surface area contributed by atoms with Crippen LogP contribution in [0, 0.1) is 0 Å². The molecule has 2 rings (SSSR count). The van der Waals surface area contributed by atoms with E-state index in [2.05, 4.69) is 19.2 Å². The number of phenolic OH excluding ortho intramolecular Hbond substituents is 1. The highest BCUT2D eigenvalue weighted by molar-refractivity contribution is 5.39. The number of ether oxygens (including phenoxy) is 2. The Morgan fingerprint density at radius 3 is 2.89 bits per heavy atom. The van der Waals surface area contributed by atoms with Crippen molar-refractivity contribution in [3.8, 4) is 11.5 Å². The minimum absolute atomic E-state index is 0.0577. The highest BCUT2D eigenvalue weighted by Crippen LogP contribution is 2.26. The topological polar surface area (TPSA) is 50.7 Å². The summed E-state index contributed by atoms with van der Waals surface area (Å²) in [5.41, 5.74) is 0.836. The van der Waals surface area contributed by atoms with Gasteiger partial charge >= 0.3 is 0 Å². The maximum Gasteiger partial charge on any atom is 0.123 e. The van der Waals surface area contributed by atoms with Gasteiger partial charge in [0.25, 0.3) is 0 Å². The molecule has 2 N–H and O–H groups in total. The van der Waals surface area contributed by atoms with Gasteiger partial charge in [-0.25, -0.2) is 0 Å². The van der Waals surface area contributed by atoms with Crippen LogP contribution in [0.2, 0.25) is 0 Å². The molecule has 1 heterocycles. The standard InChI is InChI=1S/C15H23NO3/c1-15(2)9-12(6-7-19-15)16-10-11-4-5-13(18-3)8-14(11)17/h4-5,8,12,16-17H,6-7,9-10H2,1-3H3. The van der Waals surface area contributed by atoms with Crippen LogP contribution in [0.3, 0.4) is 0 Å². The summed E-state index contributed by atoms with van der Waals surface area (Å²) < 4.78 is 10.8. The highest BCUT2D eigenvalue weighted by Gasteiger charge is 2.28. The fourth-order valence-corrected chi connectivity index (χ4v) is 2.48. The fourth-order valence-electron chi connectivity index (χ4n) is 2.48. The molecule has 1 saturated heterocycles. The van der Waals surface area contributed by atoms with Crippen LogP contribution in [-0.2, 0) is 11.3 Å². The lowest BCUT2D eigenvalue weighted by Gasteiger charge is -2.36. The van der Waals surface area contributed by atoms with Crippen LogP contribution in [-0.4, -0.2) is 30.5 Å². The predicted octanol–water partition coefficient (Wildman–Crippen LogP) is 2.45. The first-order valence-corrected chi connectivity index (χ1v) is 6.73. The molecule has 0 saturated carbocycles. The van der Waals surface area contributed by atoms with Crippen LogP contribution in [0.4, 0.5) is 0 Å². The van der Waals surface area contributed by atoms with E-state index in [0.29, 0.717) is 18.3 Å². The second-order valence-corrected chi connectivity index (χ2v) is 5.67. The maximum absolute atomic E-state index is 9.91. The normalized spacial score (nSPS) is 22.2. The zero-order valence-corrected chi connectivity index (χ0v) is 11.9. The van der Waals surface area contributed by atoms with Crippen LogP contribution >= 0.6 is 0 Å². The lowest BCUT2D eigenvalue weighted by molar-refractivity contribution is -0.0630. The molecule has 4 nitrogen and oxygen atoms in total. The van der Waals surface area contributed by atoms with Gasteiger partial charge in [-0.1, -0.05) is 6.07 Å². The van der Waals surface area contributed by atoms with Gasteiger partial charge in [-0.15, -0.1) is 0 Å². The van der Waals surface area contributed by atoms with E-state index in [4.69, 9.17) is 9.47 Å². The van der Waals surface area contributed by atoms with Crippen LogP contribution < -0.4 is 10.1 Å². The quantitative estimate of drug-likeness (QED) is 0.878. The second kappa shape index (κ2) is 5.80. The van der Waals surface area contributed by atoms with Gasteiger partial charge in [0.15, 0.2) is 0 Å². The number of rotatable bonds is 4. The Morgan fingerprint density at radius 2 is 2.26 bits per heavy atom. The molecule has 1 unspecified atom stereocenters. The maximum atomic E-state index is 9.91. The third-order valence-electron chi connectivity index (χ3n) is 3.57. The van der Waals surface area contributed by atoms with Crippen molar-refractivity contribution >= 4 is 0 Å². The zero-order chi connectivity index (χ0) is 13.9. The number of phenols is 1. The molecule has 1 fully saturated rings. The van der Waals surface area contributed by atoms with Crippen molar-refractivity contribution in [2.75, 3.05) is 13.7 Å². The van der Waals surface area contributed by atoms with Gasteiger partial charge in [-0.05, 0) is 32.8 Å². The first kappa shape index (κ1) is 14.2. The van der Waals surface area contributed by atoms with E-state index in [0.717, 1.165) is 25.0 Å². The molecular weight excluding hydrogens is 242 g/mol. The Balaban J connectivity index is 1.91. The van der Waals surface area contributed by atoms with Crippen LogP contribution in [0.15, 0.2) is 18.2 Å². The smallest absolute Gasteiger partial charge is 0.123 e. The lowest BCUT2D eigenvalue weighted by atomic mass is 9.94. The summed E-state index contributed by atoms with van der Waals surface area (Å²) in [4.78, 5) is 0. The number of hydrogen-bond donors (Lipinski definition) is 2. The Labute approximate surface area is 114 Å². The van der Waals surface area contributed by atoms with Gasteiger partial charge in [0.1, 0.15) is 11.5 Å². The molecule has 0 amide bonds. The Bertz CT molecular complexity index is 431. The number of nitrogens with one attached hydrogen (secondary N) is 1. The van der Waals surface area contributed by atoms with Crippen LogP contribution in [0.5, 0.6) is 11.5 Å². The largest absolute Gasteiger partial charge is 0.507 e. The van der Waals surface area contributed by atoms with E-state index in [1.807, 2.05) is 12.1 Å². The number of methoxy groups -OCH3 is 1. The van der Waals surface area contributed by atoms with Gasteiger partial charge in [-0.2, -0.15) is 0 Å². The summed E-state index contributed by atoms with van der Waals surface area (Å²) in [6, 6.07) is 5.84. The number of benzene rings is 1. The van der Waals surface area contributed by atoms with Crippen molar-refractivity contribution in [3.05, 3.63) is 23.8 Å². The average Bonchev–Trinajstić information content (AvgIpc) is 2.36.